The predicted octanol–water partition coefficient (Wildman–Crippen LogP) is 4.29. The summed E-state index contributed by atoms with van der Waals surface area (Å²) < 4.78 is 3.07. The molecule has 1 aliphatic rings. The Morgan fingerprint density at radius 2 is 1.85 bits per heavy atom. The molecular weight excluding hydrogens is 342 g/mol. The molecule has 0 bridgehead atoms. The van der Waals surface area contributed by atoms with Crippen molar-refractivity contribution < 1.29 is 4.79 Å². The molecule has 3 aromatic heterocycles. The molecule has 4 heterocycles. The Morgan fingerprint density at radius 3 is 2.69 bits per heavy atom. The largest absolute Gasteiger partial charge is 0.333 e. The van der Waals surface area contributed by atoms with Gasteiger partial charge in [-0.15, -0.1) is 11.3 Å². The van der Waals surface area contributed by atoms with Gasteiger partial charge in [0.15, 0.2) is 0 Å². The molecule has 5 heteroatoms. The van der Waals surface area contributed by atoms with Crippen LogP contribution in [0.15, 0.2) is 67.3 Å². The van der Waals surface area contributed by atoms with Crippen molar-refractivity contribution in [3.63, 3.8) is 0 Å². The van der Waals surface area contributed by atoms with Gasteiger partial charge in [0.25, 0.3) is 5.91 Å². The van der Waals surface area contributed by atoms with Gasteiger partial charge < -0.3 is 9.47 Å². The Hall–Kier alpha value is -2.92. The van der Waals surface area contributed by atoms with Crippen molar-refractivity contribution in [3.8, 4) is 5.69 Å². The third-order valence-corrected chi connectivity index (χ3v) is 6.06. The first-order valence-electron chi connectivity index (χ1n) is 8.67. The van der Waals surface area contributed by atoms with E-state index in [2.05, 4.69) is 23.2 Å². The van der Waals surface area contributed by atoms with Crippen molar-refractivity contribution in [3.05, 3.63) is 83.3 Å². The van der Waals surface area contributed by atoms with E-state index < -0.39 is 0 Å². The van der Waals surface area contributed by atoms with Gasteiger partial charge >= 0.3 is 0 Å². The van der Waals surface area contributed by atoms with E-state index in [1.54, 1.807) is 6.20 Å². The van der Waals surface area contributed by atoms with E-state index in [1.807, 2.05) is 52.3 Å². The minimum Gasteiger partial charge on any atom is -0.333 e. The molecule has 0 aliphatic carbocycles. The molecule has 0 radical (unpaired) electrons. The predicted molar refractivity (Wildman–Crippen MR) is 104 cm³/mol. The van der Waals surface area contributed by atoms with Crippen molar-refractivity contribution in [2.75, 3.05) is 6.54 Å². The maximum absolute atomic E-state index is 13.4. The lowest BCUT2D eigenvalue weighted by Gasteiger charge is -2.28. The number of thiophene rings is 1. The van der Waals surface area contributed by atoms with Crippen LogP contribution in [0.5, 0.6) is 0 Å². The summed E-state index contributed by atoms with van der Waals surface area (Å²) in [6, 6.07) is 14.3. The zero-order chi connectivity index (χ0) is 17.5. The maximum atomic E-state index is 13.4. The van der Waals surface area contributed by atoms with Crippen LogP contribution in [0.4, 0.5) is 0 Å². The summed E-state index contributed by atoms with van der Waals surface area (Å²) >= 11 is 1.53. The van der Waals surface area contributed by atoms with Gasteiger partial charge in [0.1, 0.15) is 4.88 Å². The first-order chi connectivity index (χ1) is 12.8. The Morgan fingerprint density at radius 1 is 1.04 bits per heavy atom. The Balaban J connectivity index is 1.59. The Bertz CT molecular complexity index is 1100. The van der Waals surface area contributed by atoms with Crippen molar-refractivity contribution >= 4 is 27.3 Å². The summed E-state index contributed by atoms with van der Waals surface area (Å²) in [7, 11) is 0. The number of aromatic nitrogens is 2. The average Bonchev–Trinajstić information content (AvgIpc) is 3.34. The summed E-state index contributed by atoms with van der Waals surface area (Å²) in [5, 5.41) is 1.07. The monoisotopic (exact) mass is 359 g/mol. The smallest absolute Gasteiger partial charge is 0.266 e. The molecule has 4 nitrogen and oxygen atoms in total. The van der Waals surface area contributed by atoms with Crippen LogP contribution >= 0.6 is 11.3 Å². The molecule has 128 valence electrons. The number of nitrogens with zero attached hydrogens (tertiary/aromatic N) is 3. The quantitative estimate of drug-likeness (QED) is 0.536. The number of hydrogen-bond acceptors (Lipinski definition) is 3. The fraction of sp³-hybridized carbons (Fsp3) is 0.143. The first-order valence-corrected chi connectivity index (χ1v) is 9.49. The highest BCUT2D eigenvalue weighted by molar-refractivity contribution is 7.21. The van der Waals surface area contributed by atoms with Crippen LogP contribution in [-0.4, -0.2) is 26.9 Å². The van der Waals surface area contributed by atoms with E-state index in [0.29, 0.717) is 6.54 Å². The highest BCUT2D eigenvalue weighted by Gasteiger charge is 2.26. The fourth-order valence-corrected chi connectivity index (χ4v) is 4.77. The van der Waals surface area contributed by atoms with E-state index in [1.165, 1.54) is 22.5 Å². The minimum absolute atomic E-state index is 0.101. The van der Waals surface area contributed by atoms with Crippen LogP contribution < -0.4 is 0 Å². The number of benzene rings is 1. The van der Waals surface area contributed by atoms with Gasteiger partial charge in [0.2, 0.25) is 0 Å². The molecule has 0 saturated carbocycles. The highest BCUT2D eigenvalue weighted by atomic mass is 32.1. The van der Waals surface area contributed by atoms with E-state index in [-0.39, 0.29) is 5.91 Å². The van der Waals surface area contributed by atoms with Crippen LogP contribution in [0.1, 0.15) is 20.8 Å². The van der Waals surface area contributed by atoms with Crippen molar-refractivity contribution in [1.82, 2.24) is 14.5 Å². The number of pyridine rings is 1. The Kier molecular flexibility index (Phi) is 3.60. The molecule has 0 saturated heterocycles. The van der Waals surface area contributed by atoms with Crippen LogP contribution in [0, 0.1) is 0 Å². The molecule has 1 aliphatic heterocycles. The average molecular weight is 359 g/mol. The lowest BCUT2D eigenvalue weighted by molar-refractivity contribution is 0.0739. The zero-order valence-corrected chi connectivity index (χ0v) is 14.9. The molecule has 0 unspecified atom stereocenters. The molecule has 0 spiro atoms. The number of carbonyl (C=O) groups excluding carboxylic acids is 1. The zero-order valence-electron chi connectivity index (χ0n) is 14.1. The number of fused-ring (bicyclic) bond motifs is 2. The topological polar surface area (TPSA) is 38.1 Å². The molecule has 26 heavy (non-hydrogen) atoms. The van der Waals surface area contributed by atoms with Gasteiger partial charge in [0.05, 0.1) is 10.4 Å². The summed E-state index contributed by atoms with van der Waals surface area (Å²) in [5.41, 5.74) is 3.56. The SMILES string of the molecule is O=C(c1sc2cnccc2c1-n1cccc1)N1CCc2ccccc2C1. The second-order valence-electron chi connectivity index (χ2n) is 6.49. The van der Waals surface area contributed by atoms with Crippen LogP contribution in [0.3, 0.4) is 0 Å². The van der Waals surface area contributed by atoms with Gasteiger partial charge in [-0.1, -0.05) is 24.3 Å². The van der Waals surface area contributed by atoms with E-state index in [9.17, 15) is 4.79 Å². The molecule has 5 rings (SSSR count). The number of hydrogen-bond donors (Lipinski definition) is 0. The second-order valence-corrected chi connectivity index (χ2v) is 7.54. The van der Waals surface area contributed by atoms with Crippen molar-refractivity contribution in [2.45, 2.75) is 13.0 Å². The summed E-state index contributed by atoms with van der Waals surface area (Å²) in [6.45, 7) is 1.43. The Labute approximate surface area is 155 Å². The van der Waals surface area contributed by atoms with Crippen LogP contribution in [-0.2, 0) is 13.0 Å². The third-order valence-electron chi connectivity index (χ3n) is 4.94. The van der Waals surface area contributed by atoms with E-state index in [0.717, 1.165) is 33.6 Å². The van der Waals surface area contributed by atoms with E-state index >= 15 is 0 Å². The summed E-state index contributed by atoms with van der Waals surface area (Å²) in [6.07, 6.45) is 8.52. The van der Waals surface area contributed by atoms with Gasteiger partial charge in [-0.2, -0.15) is 0 Å². The van der Waals surface area contributed by atoms with Gasteiger partial charge in [-0.3, -0.25) is 9.78 Å². The van der Waals surface area contributed by atoms with Gasteiger partial charge in [-0.05, 0) is 35.7 Å². The van der Waals surface area contributed by atoms with Gasteiger partial charge in [0, 0.05) is 43.3 Å². The lowest BCUT2D eigenvalue weighted by Crippen LogP contribution is -2.35. The maximum Gasteiger partial charge on any atom is 0.266 e. The van der Waals surface area contributed by atoms with Crippen LogP contribution in [0.25, 0.3) is 15.8 Å². The third kappa shape index (κ3) is 2.44. The number of amides is 1. The van der Waals surface area contributed by atoms with E-state index in [4.69, 9.17) is 0 Å². The number of carbonyl (C=O) groups is 1. The second kappa shape index (κ2) is 6.11. The summed E-state index contributed by atoms with van der Waals surface area (Å²) in [4.78, 5) is 20.4. The first kappa shape index (κ1) is 15.3. The van der Waals surface area contributed by atoms with Crippen molar-refractivity contribution in [1.29, 1.82) is 0 Å². The van der Waals surface area contributed by atoms with Crippen molar-refractivity contribution in [2.24, 2.45) is 0 Å². The molecule has 4 aromatic rings. The molecule has 1 aromatic carbocycles. The van der Waals surface area contributed by atoms with Gasteiger partial charge in [-0.25, -0.2) is 0 Å². The fourth-order valence-electron chi connectivity index (χ4n) is 3.64. The highest BCUT2D eigenvalue weighted by Crippen LogP contribution is 2.35. The standard InChI is InChI=1S/C21H17N3OS/c25-21(24-12-8-15-5-1-2-6-16(15)14-24)20-19(23-10-3-4-11-23)17-7-9-22-13-18(17)26-20/h1-7,9-11,13H,8,12,14H2. The lowest BCUT2D eigenvalue weighted by atomic mass is 10.00. The molecule has 0 atom stereocenters. The normalized spacial score (nSPS) is 13.8. The minimum atomic E-state index is 0.101. The van der Waals surface area contributed by atoms with Crippen LogP contribution in [0.2, 0.25) is 0 Å². The molecular formula is C21H17N3OS. The molecule has 0 fully saturated rings. The summed E-state index contributed by atoms with van der Waals surface area (Å²) in [5.74, 6) is 0.101. The molecule has 0 N–H and O–H groups in total. The number of rotatable bonds is 2. The molecule has 1 amide bonds.